The monoisotopic (exact) mass is 317 g/mol. The Labute approximate surface area is 138 Å². The summed E-state index contributed by atoms with van der Waals surface area (Å²) in [7, 11) is 3.52. The maximum Gasteiger partial charge on any atom is 0.238 e. The topological polar surface area (TPSA) is 52.7 Å². The number of anilines is 1. The van der Waals surface area contributed by atoms with E-state index in [9.17, 15) is 9.59 Å². The van der Waals surface area contributed by atoms with E-state index < -0.39 is 0 Å². The maximum absolute atomic E-state index is 12.3. The molecule has 1 N–H and O–H groups in total. The van der Waals surface area contributed by atoms with Gasteiger partial charge in [0.2, 0.25) is 11.8 Å². The summed E-state index contributed by atoms with van der Waals surface area (Å²) in [5.41, 5.74) is 3.06. The first-order chi connectivity index (χ1) is 10.9. The highest BCUT2D eigenvalue weighted by Gasteiger charge is 2.30. The van der Waals surface area contributed by atoms with Crippen LogP contribution in [-0.4, -0.2) is 54.8 Å². The molecule has 0 aromatic heterocycles. The van der Waals surface area contributed by atoms with Crippen LogP contribution in [0.3, 0.4) is 0 Å². The molecule has 2 amide bonds. The summed E-state index contributed by atoms with van der Waals surface area (Å²) >= 11 is 0. The Morgan fingerprint density at radius 3 is 2.52 bits per heavy atom. The Kier molecular flexibility index (Phi) is 5.77. The Bertz CT molecular complexity index is 580. The molecule has 0 radical (unpaired) electrons. The summed E-state index contributed by atoms with van der Waals surface area (Å²) in [4.78, 5) is 27.8. The van der Waals surface area contributed by atoms with E-state index in [4.69, 9.17) is 0 Å². The minimum Gasteiger partial charge on any atom is -0.349 e. The molecule has 5 heteroatoms. The predicted octanol–water partition coefficient (Wildman–Crippen LogP) is 2.18. The zero-order valence-corrected chi connectivity index (χ0v) is 14.6. The minimum absolute atomic E-state index is 0.0112. The van der Waals surface area contributed by atoms with E-state index in [2.05, 4.69) is 10.2 Å². The van der Waals surface area contributed by atoms with Crippen LogP contribution in [0.2, 0.25) is 0 Å². The summed E-state index contributed by atoms with van der Waals surface area (Å²) in [6.07, 6.45) is 2.69. The maximum atomic E-state index is 12.3. The first-order valence-electron chi connectivity index (χ1n) is 8.18. The molecule has 126 valence electrons. The summed E-state index contributed by atoms with van der Waals surface area (Å²) in [6, 6.07) is 6.49. The molecule has 1 aromatic carbocycles. The molecule has 2 rings (SSSR count). The van der Waals surface area contributed by atoms with Gasteiger partial charge in [0.25, 0.3) is 0 Å². The van der Waals surface area contributed by atoms with Crippen molar-refractivity contribution in [2.75, 3.05) is 32.5 Å². The molecule has 1 aliphatic carbocycles. The number of carbonyl (C=O) groups is 2. The van der Waals surface area contributed by atoms with E-state index in [0.717, 1.165) is 29.7 Å². The standard InChI is InChI=1S/C18H27N3O2/c1-13-5-6-14(2)16(11-13)19-17(22)12-21(15-7-8-15)10-9-18(23)20(3)4/h5-6,11,15H,7-10,12H2,1-4H3,(H,19,22). The van der Waals surface area contributed by atoms with Gasteiger partial charge < -0.3 is 10.2 Å². The fourth-order valence-corrected chi connectivity index (χ4v) is 2.54. The lowest BCUT2D eigenvalue weighted by Crippen LogP contribution is -2.37. The van der Waals surface area contributed by atoms with Crippen molar-refractivity contribution in [3.63, 3.8) is 0 Å². The first kappa shape index (κ1) is 17.5. The highest BCUT2D eigenvalue weighted by atomic mass is 16.2. The summed E-state index contributed by atoms with van der Waals surface area (Å²) in [6.45, 7) is 4.99. The van der Waals surface area contributed by atoms with Crippen LogP contribution >= 0.6 is 0 Å². The van der Waals surface area contributed by atoms with Crippen molar-refractivity contribution in [3.8, 4) is 0 Å². The molecule has 0 unspecified atom stereocenters. The number of carbonyl (C=O) groups excluding carboxylic acids is 2. The second kappa shape index (κ2) is 7.59. The van der Waals surface area contributed by atoms with Crippen LogP contribution < -0.4 is 5.32 Å². The average Bonchev–Trinajstić information content (AvgIpc) is 3.31. The third kappa shape index (κ3) is 5.36. The molecule has 1 aliphatic rings. The van der Waals surface area contributed by atoms with Gasteiger partial charge in [-0.2, -0.15) is 0 Å². The molecule has 0 heterocycles. The summed E-state index contributed by atoms with van der Waals surface area (Å²) < 4.78 is 0. The molecule has 23 heavy (non-hydrogen) atoms. The summed E-state index contributed by atoms with van der Waals surface area (Å²) in [5, 5.41) is 3.00. The number of aryl methyl sites for hydroxylation is 2. The van der Waals surface area contributed by atoms with Crippen LogP contribution in [0.15, 0.2) is 18.2 Å². The Hall–Kier alpha value is -1.88. The number of benzene rings is 1. The second-order valence-electron chi connectivity index (χ2n) is 6.61. The van der Waals surface area contributed by atoms with Crippen LogP contribution in [0.4, 0.5) is 5.69 Å². The Morgan fingerprint density at radius 1 is 1.22 bits per heavy atom. The van der Waals surface area contributed by atoms with Crippen LogP contribution in [0, 0.1) is 13.8 Å². The van der Waals surface area contributed by atoms with Gasteiger partial charge in [-0.05, 0) is 43.9 Å². The third-order valence-corrected chi connectivity index (χ3v) is 4.19. The molecule has 5 nitrogen and oxygen atoms in total. The zero-order chi connectivity index (χ0) is 17.0. The van der Waals surface area contributed by atoms with Crippen molar-refractivity contribution >= 4 is 17.5 Å². The molecule has 0 atom stereocenters. The first-order valence-corrected chi connectivity index (χ1v) is 8.18. The van der Waals surface area contributed by atoms with Gasteiger partial charge in [0.05, 0.1) is 6.54 Å². The lowest BCUT2D eigenvalue weighted by atomic mass is 10.1. The Balaban J connectivity index is 1.90. The number of hydrogen-bond donors (Lipinski definition) is 1. The van der Waals surface area contributed by atoms with E-state index in [0.29, 0.717) is 25.6 Å². The lowest BCUT2D eigenvalue weighted by Gasteiger charge is -2.22. The minimum atomic E-state index is -0.0112. The van der Waals surface area contributed by atoms with Gasteiger partial charge in [0.1, 0.15) is 0 Å². The zero-order valence-electron chi connectivity index (χ0n) is 14.6. The predicted molar refractivity (Wildman–Crippen MR) is 92.5 cm³/mol. The molecular formula is C18H27N3O2. The number of nitrogens with one attached hydrogen (secondary N) is 1. The normalized spacial score (nSPS) is 14.0. The fourth-order valence-electron chi connectivity index (χ4n) is 2.54. The molecule has 1 fully saturated rings. The van der Waals surface area contributed by atoms with Crippen molar-refractivity contribution in [2.24, 2.45) is 0 Å². The smallest absolute Gasteiger partial charge is 0.238 e. The van der Waals surface area contributed by atoms with Gasteiger partial charge in [-0.25, -0.2) is 0 Å². The number of nitrogens with zero attached hydrogens (tertiary/aromatic N) is 2. The highest BCUT2D eigenvalue weighted by molar-refractivity contribution is 5.93. The van der Waals surface area contributed by atoms with E-state index in [1.54, 1.807) is 19.0 Å². The van der Waals surface area contributed by atoms with Crippen LogP contribution in [0.1, 0.15) is 30.4 Å². The van der Waals surface area contributed by atoms with Gasteiger partial charge >= 0.3 is 0 Å². The molecular weight excluding hydrogens is 290 g/mol. The van der Waals surface area contributed by atoms with Crippen LogP contribution in [0.25, 0.3) is 0 Å². The van der Waals surface area contributed by atoms with E-state index in [1.165, 1.54) is 0 Å². The van der Waals surface area contributed by atoms with Gasteiger partial charge in [0, 0.05) is 38.8 Å². The van der Waals surface area contributed by atoms with Gasteiger partial charge in [-0.3, -0.25) is 14.5 Å². The average molecular weight is 317 g/mol. The molecule has 1 saturated carbocycles. The molecule has 0 aliphatic heterocycles. The number of amides is 2. The quantitative estimate of drug-likeness (QED) is 0.839. The van der Waals surface area contributed by atoms with Gasteiger partial charge in [-0.15, -0.1) is 0 Å². The second-order valence-corrected chi connectivity index (χ2v) is 6.61. The van der Waals surface area contributed by atoms with Crippen LogP contribution in [0.5, 0.6) is 0 Å². The molecule has 0 spiro atoms. The van der Waals surface area contributed by atoms with Crippen molar-refractivity contribution in [1.82, 2.24) is 9.80 Å². The SMILES string of the molecule is Cc1ccc(C)c(NC(=O)CN(CCC(=O)N(C)C)C2CC2)c1. The van der Waals surface area contributed by atoms with Crippen molar-refractivity contribution in [2.45, 2.75) is 39.2 Å². The Morgan fingerprint density at radius 2 is 1.91 bits per heavy atom. The lowest BCUT2D eigenvalue weighted by molar-refractivity contribution is -0.129. The largest absolute Gasteiger partial charge is 0.349 e. The van der Waals surface area contributed by atoms with Gasteiger partial charge in [-0.1, -0.05) is 12.1 Å². The van der Waals surface area contributed by atoms with Crippen molar-refractivity contribution in [3.05, 3.63) is 29.3 Å². The van der Waals surface area contributed by atoms with E-state index in [1.807, 2.05) is 32.0 Å². The molecule has 0 saturated heterocycles. The third-order valence-electron chi connectivity index (χ3n) is 4.19. The van der Waals surface area contributed by atoms with Gasteiger partial charge in [0.15, 0.2) is 0 Å². The number of rotatable bonds is 7. The van der Waals surface area contributed by atoms with Crippen LogP contribution in [-0.2, 0) is 9.59 Å². The van der Waals surface area contributed by atoms with Crippen molar-refractivity contribution in [1.29, 1.82) is 0 Å². The van der Waals surface area contributed by atoms with E-state index >= 15 is 0 Å². The summed E-state index contributed by atoms with van der Waals surface area (Å²) in [5.74, 6) is 0.0912. The highest BCUT2D eigenvalue weighted by Crippen LogP contribution is 2.27. The number of hydrogen-bond acceptors (Lipinski definition) is 3. The fraction of sp³-hybridized carbons (Fsp3) is 0.556. The molecule has 1 aromatic rings. The van der Waals surface area contributed by atoms with Crippen molar-refractivity contribution < 1.29 is 9.59 Å². The van der Waals surface area contributed by atoms with E-state index in [-0.39, 0.29) is 11.8 Å². The molecule has 0 bridgehead atoms.